The second kappa shape index (κ2) is 9.29. The first kappa shape index (κ1) is 20.4. The lowest BCUT2D eigenvalue weighted by Crippen LogP contribution is -2.24. The molecule has 0 radical (unpaired) electrons. The van der Waals surface area contributed by atoms with E-state index in [1.54, 1.807) is 30.5 Å². The molecule has 1 amide bonds. The van der Waals surface area contributed by atoms with Crippen LogP contribution in [-0.4, -0.2) is 16.7 Å². The smallest absolute Gasteiger partial charge is 0.261 e. The van der Waals surface area contributed by atoms with E-state index in [0.717, 1.165) is 22.0 Å². The lowest BCUT2D eigenvalue weighted by atomic mass is 10.0. The Bertz CT molecular complexity index is 1290. The fraction of sp³-hybridized carbons (Fsp3) is 0.0800. The van der Waals surface area contributed by atoms with Gasteiger partial charge in [-0.1, -0.05) is 78.3 Å². The molecule has 3 aromatic carbocycles. The van der Waals surface area contributed by atoms with Crippen molar-refractivity contribution in [1.82, 2.24) is 9.99 Å². The zero-order valence-electron chi connectivity index (χ0n) is 16.6. The van der Waals surface area contributed by atoms with E-state index in [0.29, 0.717) is 17.1 Å². The van der Waals surface area contributed by atoms with Crippen LogP contribution in [0.25, 0.3) is 10.9 Å². The average molecular weight is 427 g/mol. The summed E-state index contributed by atoms with van der Waals surface area (Å²) in [5, 5.41) is 15.2. The van der Waals surface area contributed by atoms with Crippen molar-refractivity contribution in [1.29, 1.82) is 5.26 Å². The lowest BCUT2D eigenvalue weighted by Gasteiger charge is -2.07. The molecule has 6 heteroatoms. The van der Waals surface area contributed by atoms with E-state index in [1.165, 1.54) is 0 Å². The van der Waals surface area contributed by atoms with E-state index in [9.17, 15) is 10.1 Å². The number of nitriles is 1. The van der Waals surface area contributed by atoms with Crippen molar-refractivity contribution in [2.75, 3.05) is 0 Å². The van der Waals surface area contributed by atoms with Gasteiger partial charge in [0.05, 0.1) is 12.3 Å². The number of hydrogen-bond donors (Lipinski definition) is 1. The van der Waals surface area contributed by atoms with Crippen LogP contribution in [0.2, 0.25) is 5.02 Å². The number of nitrogens with one attached hydrogen (secondary N) is 1. The van der Waals surface area contributed by atoms with Gasteiger partial charge in [0.25, 0.3) is 5.91 Å². The summed E-state index contributed by atoms with van der Waals surface area (Å²) < 4.78 is 2.10. The molecule has 0 unspecified atom stereocenters. The molecule has 1 heterocycles. The van der Waals surface area contributed by atoms with Crippen molar-refractivity contribution in [3.05, 3.63) is 107 Å². The molecule has 31 heavy (non-hydrogen) atoms. The summed E-state index contributed by atoms with van der Waals surface area (Å²) in [6, 6.07) is 26.7. The van der Waals surface area contributed by atoms with Crippen LogP contribution in [0.1, 0.15) is 22.6 Å². The van der Waals surface area contributed by atoms with Crippen LogP contribution in [0.5, 0.6) is 0 Å². The molecule has 0 aliphatic carbocycles. The van der Waals surface area contributed by atoms with Gasteiger partial charge in [0, 0.05) is 34.2 Å². The minimum atomic E-state index is -0.917. The van der Waals surface area contributed by atoms with Crippen LogP contribution in [-0.2, 0) is 11.3 Å². The number of aromatic nitrogens is 1. The number of hydrogen-bond acceptors (Lipinski definition) is 3. The molecule has 1 atom stereocenters. The van der Waals surface area contributed by atoms with Crippen molar-refractivity contribution >= 4 is 34.6 Å². The van der Waals surface area contributed by atoms with Gasteiger partial charge in [0.1, 0.15) is 0 Å². The molecule has 5 nitrogen and oxygen atoms in total. The summed E-state index contributed by atoms with van der Waals surface area (Å²) in [6.07, 6.45) is 3.57. The van der Waals surface area contributed by atoms with Crippen molar-refractivity contribution in [3.63, 3.8) is 0 Å². The standard InChI is InChI=1S/C25H19ClN4O/c26-23-12-6-4-10-19(23)16-30-17-20(21-11-5-7-13-24(21)30)15-28-29-25(31)22(14-27)18-8-2-1-3-9-18/h1-13,15,17,22H,16H2,(H,29,31)/b28-15-/t22-/m0/s1. The maximum atomic E-state index is 12.4. The van der Waals surface area contributed by atoms with E-state index in [2.05, 4.69) is 15.1 Å². The van der Waals surface area contributed by atoms with Crippen LogP contribution >= 0.6 is 11.6 Å². The zero-order valence-corrected chi connectivity index (χ0v) is 17.3. The van der Waals surface area contributed by atoms with Gasteiger partial charge in [-0.15, -0.1) is 0 Å². The Labute approximate surface area is 185 Å². The average Bonchev–Trinajstić information content (AvgIpc) is 3.14. The number of hydrazone groups is 1. The van der Waals surface area contributed by atoms with E-state index >= 15 is 0 Å². The molecule has 0 saturated heterocycles. The minimum absolute atomic E-state index is 0.468. The van der Waals surface area contributed by atoms with Gasteiger partial charge in [-0.25, -0.2) is 5.43 Å². The van der Waals surface area contributed by atoms with Crippen LogP contribution in [0.4, 0.5) is 0 Å². The third kappa shape index (κ3) is 4.50. The van der Waals surface area contributed by atoms with Crippen molar-refractivity contribution in [2.24, 2.45) is 5.10 Å². The number of amides is 1. The van der Waals surface area contributed by atoms with Gasteiger partial charge < -0.3 is 4.57 Å². The van der Waals surface area contributed by atoms with E-state index < -0.39 is 11.8 Å². The Morgan fingerprint density at radius 1 is 1.06 bits per heavy atom. The highest BCUT2D eigenvalue weighted by molar-refractivity contribution is 6.31. The molecule has 1 N–H and O–H groups in total. The molecule has 0 saturated carbocycles. The number of benzene rings is 3. The number of nitrogens with zero attached hydrogens (tertiary/aromatic N) is 3. The molecule has 4 aromatic rings. The summed E-state index contributed by atoms with van der Waals surface area (Å²) >= 11 is 6.33. The highest BCUT2D eigenvalue weighted by atomic mass is 35.5. The molecule has 0 aliphatic rings. The largest absolute Gasteiger partial charge is 0.342 e. The van der Waals surface area contributed by atoms with Crippen LogP contribution in [0.15, 0.2) is 90.2 Å². The molecule has 0 bridgehead atoms. The van der Waals surface area contributed by atoms with Crippen LogP contribution in [0.3, 0.4) is 0 Å². The molecule has 0 fully saturated rings. The molecule has 1 aromatic heterocycles. The number of halogens is 1. The monoisotopic (exact) mass is 426 g/mol. The third-order valence-corrected chi connectivity index (χ3v) is 5.39. The summed E-state index contributed by atoms with van der Waals surface area (Å²) in [6.45, 7) is 0.616. The summed E-state index contributed by atoms with van der Waals surface area (Å²) in [5.74, 6) is -1.38. The Morgan fingerprint density at radius 2 is 1.77 bits per heavy atom. The van der Waals surface area contributed by atoms with Gasteiger partial charge in [-0.2, -0.15) is 10.4 Å². The van der Waals surface area contributed by atoms with Crippen LogP contribution in [0, 0.1) is 11.3 Å². The molecular formula is C25H19ClN4O. The fourth-order valence-corrected chi connectivity index (χ4v) is 3.67. The van der Waals surface area contributed by atoms with Crippen LogP contribution < -0.4 is 5.43 Å². The van der Waals surface area contributed by atoms with E-state index in [1.807, 2.05) is 66.9 Å². The first-order valence-corrected chi connectivity index (χ1v) is 10.1. The van der Waals surface area contributed by atoms with E-state index in [4.69, 9.17) is 11.6 Å². The summed E-state index contributed by atoms with van der Waals surface area (Å²) in [5.41, 5.74) is 6.03. The topological polar surface area (TPSA) is 70.2 Å². The Morgan fingerprint density at radius 3 is 2.55 bits per heavy atom. The lowest BCUT2D eigenvalue weighted by molar-refractivity contribution is -0.121. The minimum Gasteiger partial charge on any atom is -0.342 e. The van der Waals surface area contributed by atoms with Gasteiger partial charge in [-0.05, 0) is 23.3 Å². The third-order valence-electron chi connectivity index (χ3n) is 5.02. The van der Waals surface area contributed by atoms with Crippen molar-refractivity contribution < 1.29 is 4.79 Å². The second-order valence-corrected chi connectivity index (χ2v) is 7.44. The van der Waals surface area contributed by atoms with E-state index in [-0.39, 0.29) is 0 Å². The number of carbonyl (C=O) groups excluding carboxylic acids is 1. The normalized spacial score (nSPS) is 12.0. The molecule has 0 spiro atoms. The number of carbonyl (C=O) groups is 1. The molecule has 0 aliphatic heterocycles. The predicted octanol–water partition coefficient (Wildman–Crippen LogP) is 5.10. The van der Waals surface area contributed by atoms with Gasteiger partial charge >= 0.3 is 0 Å². The highest BCUT2D eigenvalue weighted by Gasteiger charge is 2.19. The second-order valence-electron chi connectivity index (χ2n) is 7.03. The number of para-hydroxylation sites is 1. The molecule has 4 rings (SSSR count). The fourth-order valence-electron chi connectivity index (χ4n) is 3.48. The highest BCUT2D eigenvalue weighted by Crippen LogP contribution is 2.23. The van der Waals surface area contributed by atoms with Gasteiger partial charge in [0.2, 0.25) is 0 Å². The number of fused-ring (bicyclic) bond motifs is 1. The van der Waals surface area contributed by atoms with Crippen molar-refractivity contribution in [2.45, 2.75) is 12.5 Å². The SMILES string of the molecule is N#C[C@H](C(=O)N/N=C\c1cn(Cc2ccccc2Cl)c2ccccc12)c1ccccc1. The zero-order chi connectivity index (χ0) is 21.6. The first-order chi connectivity index (χ1) is 15.2. The predicted molar refractivity (Wildman–Crippen MR) is 123 cm³/mol. The molecule has 152 valence electrons. The first-order valence-electron chi connectivity index (χ1n) is 9.76. The summed E-state index contributed by atoms with van der Waals surface area (Å²) in [7, 11) is 0. The Balaban J connectivity index is 1.56. The number of rotatable bonds is 6. The van der Waals surface area contributed by atoms with Gasteiger partial charge in [-0.3, -0.25) is 4.79 Å². The Hall–Kier alpha value is -3.88. The Kier molecular flexibility index (Phi) is 6.11. The van der Waals surface area contributed by atoms with Crippen molar-refractivity contribution in [3.8, 4) is 6.07 Å². The summed E-state index contributed by atoms with van der Waals surface area (Å²) in [4.78, 5) is 12.4. The van der Waals surface area contributed by atoms with Gasteiger partial charge in [0.15, 0.2) is 5.92 Å². The maximum absolute atomic E-state index is 12.4. The maximum Gasteiger partial charge on any atom is 0.261 e. The quantitative estimate of drug-likeness (QED) is 0.344. The molecular weight excluding hydrogens is 408 g/mol.